The fraction of sp³-hybridized carbons (Fsp3) is 0.304. The molecule has 0 saturated heterocycles. The highest BCUT2D eigenvalue weighted by Gasteiger charge is 2.17. The lowest BCUT2D eigenvalue weighted by Gasteiger charge is -2.16. The van der Waals surface area contributed by atoms with E-state index in [9.17, 15) is 5.11 Å². The summed E-state index contributed by atoms with van der Waals surface area (Å²) in [5, 5.41) is 16.2. The van der Waals surface area contributed by atoms with Crippen molar-refractivity contribution in [3.63, 3.8) is 0 Å². The van der Waals surface area contributed by atoms with Gasteiger partial charge < -0.3 is 20.3 Å². The zero-order valence-corrected chi connectivity index (χ0v) is 19.2. The molecule has 0 aliphatic heterocycles. The molecule has 8 nitrogen and oxygen atoms in total. The molecule has 0 saturated carbocycles. The molecule has 0 fully saturated rings. The average molecular weight is 454 g/mol. The number of nitrogens with zero attached hydrogens (tertiary/aromatic N) is 5. The number of fused-ring (bicyclic) bond motifs is 1. The van der Waals surface area contributed by atoms with Crippen LogP contribution in [-0.4, -0.2) is 42.3 Å². The number of aliphatic hydroxyl groups is 1. The van der Waals surface area contributed by atoms with Crippen LogP contribution in [0.3, 0.4) is 0 Å². The summed E-state index contributed by atoms with van der Waals surface area (Å²) >= 11 is 0. The Morgan fingerprint density at radius 1 is 1.06 bits per heavy atom. The lowest BCUT2D eigenvalue weighted by Crippen LogP contribution is -2.24. The Morgan fingerprint density at radius 3 is 2.59 bits per heavy atom. The van der Waals surface area contributed by atoms with Gasteiger partial charge in [0.2, 0.25) is 5.95 Å². The molecule has 0 aliphatic carbocycles. The Labute approximate surface area is 193 Å². The number of rotatable bonds is 8. The fourth-order valence-electron chi connectivity index (χ4n) is 3.33. The van der Waals surface area contributed by atoms with Crippen molar-refractivity contribution < 1.29 is 5.11 Å². The summed E-state index contributed by atoms with van der Waals surface area (Å²) in [6, 6.07) is 14.0. The Hall–Kier alpha value is -3.23. The number of halogens is 1. The van der Waals surface area contributed by atoms with Gasteiger partial charge in [-0.15, -0.1) is 12.4 Å². The monoisotopic (exact) mass is 453 g/mol. The number of hydrogen-bond acceptors (Lipinski definition) is 7. The third kappa shape index (κ3) is 4.98. The van der Waals surface area contributed by atoms with E-state index in [0.29, 0.717) is 17.3 Å². The number of pyridine rings is 1. The lowest BCUT2D eigenvalue weighted by atomic mass is 10.1. The molecule has 0 radical (unpaired) electrons. The fourth-order valence-corrected chi connectivity index (χ4v) is 3.33. The van der Waals surface area contributed by atoms with Crippen molar-refractivity contribution in [3.05, 3.63) is 55.0 Å². The van der Waals surface area contributed by atoms with Crippen LogP contribution in [0.1, 0.15) is 33.2 Å². The molecule has 0 amide bonds. The third-order valence-electron chi connectivity index (χ3n) is 5.11. The van der Waals surface area contributed by atoms with Crippen LogP contribution in [0, 0.1) is 0 Å². The van der Waals surface area contributed by atoms with E-state index in [-0.39, 0.29) is 31.1 Å². The molecular weight excluding hydrogens is 426 g/mol. The van der Waals surface area contributed by atoms with Gasteiger partial charge in [0, 0.05) is 23.5 Å². The van der Waals surface area contributed by atoms with Crippen LogP contribution < -0.4 is 10.6 Å². The molecule has 0 aliphatic rings. The summed E-state index contributed by atoms with van der Waals surface area (Å²) in [5.41, 5.74) is 4.22. The quantitative estimate of drug-likeness (QED) is 0.351. The van der Waals surface area contributed by atoms with Crippen LogP contribution in [0.4, 0.5) is 17.5 Å². The van der Waals surface area contributed by atoms with Gasteiger partial charge in [-0.1, -0.05) is 25.1 Å². The molecule has 3 heterocycles. The lowest BCUT2D eigenvalue weighted by molar-refractivity contribution is 0.271. The second-order valence-electron chi connectivity index (χ2n) is 7.67. The first kappa shape index (κ1) is 23.4. The minimum absolute atomic E-state index is 0. The second-order valence-corrected chi connectivity index (χ2v) is 7.67. The summed E-state index contributed by atoms with van der Waals surface area (Å²) in [6.45, 7) is 6.19. The first-order chi connectivity index (χ1) is 15.1. The highest BCUT2D eigenvalue weighted by atomic mass is 35.5. The topological polar surface area (TPSA) is 101 Å². The molecule has 4 aromatic rings. The van der Waals surface area contributed by atoms with Gasteiger partial charge in [0.05, 0.1) is 24.7 Å². The van der Waals surface area contributed by atoms with Crippen molar-refractivity contribution in [1.82, 2.24) is 24.5 Å². The maximum Gasteiger partial charge on any atom is 0.227 e. The minimum atomic E-state index is -0.117. The first-order valence-electron chi connectivity index (χ1n) is 10.5. The number of benzene rings is 1. The number of hydrogen-bond donors (Lipinski definition) is 3. The van der Waals surface area contributed by atoms with Crippen molar-refractivity contribution >= 4 is 41.0 Å². The predicted octanol–water partition coefficient (Wildman–Crippen LogP) is 4.82. The van der Waals surface area contributed by atoms with E-state index in [4.69, 9.17) is 0 Å². The van der Waals surface area contributed by atoms with Gasteiger partial charge in [-0.25, -0.2) is 4.98 Å². The summed E-state index contributed by atoms with van der Waals surface area (Å²) in [4.78, 5) is 18.3. The minimum Gasteiger partial charge on any atom is -0.394 e. The highest BCUT2D eigenvalue weighted by Crippen LogP contribution is 2.28. The standard InChI is InChI=1S/C23H27N7O.ClH/c1-4-17(13-31)27-23-28-21(20-22(29-23)30(14-25-20)15(2)3)26-18-9-7-8-16(12-18)19-10-5-6-11-24-19;/h5-12,14-15,17,31H,4,13H2,1-3H3,(H2,26,27,28,29);1H/t17-;/m1./s1. The van der Waals surface area contributed by atoms with Crippen LogP contribution >= 0.6 is 12.4 Å². The molecule has 168 valence electrons. The summed E-state index contributed by atoms with van der Waals surface area (Å²) in [6.07, 6.45) is 4.33. The number of aliphatic hydroxyl groups excluding tert-OH is 1. The smallest absolute Gasteiger partial charge is 0.227 e. The van der Waals surface area contributed by atoms with E-state index in [1.807, 2.05) is 54.0 Å². The number of aromatic nitrogens is 5. The van der Waals surface area contributed by atoms with Gasteiger partial charge in [-0.3, -0.25) is 4.98 Å². The molecular formula is C23H28ClN7O. The summed E-state index contributed by atoms with van der Waals surface area (Å²) < 4.78 is 2.01. The van der Waals surface area contributed by atoms with Crippen molar-refractivity contribution in [2.45, 2.75) is 39.3 Å². The van der Waals surface area contributed by atoms with Gasteiger partial charge in [0.25, 0.3) is 0 Å². The average Bonchev–Trinajstić information content (AvgIpc) is 3.23. The molecule has 0 unspecified atom stereocenters. The van der Waals surface area contributed by atoms with E-state index in [1.54, 1.807) is 12.5 Å². The Morgan fingerprint density at radius 2 is 1.91 bits per heavy atom. The number of anilines is 3. The molecule has 1 atom stereocenters. The Bertz CT molecular complexity index is 1160. The van der Waals surface area contributed by atoms with E-state index in [1.165, 1.54) is 0 Å². The molecule has 0 spiro atoms. The normalized spacial score (nSPS) is 11.9. The van der Waals surface area contributed by atoms with Crippen LogP contribution in [-0.2, 0) is 0 Å². The third-order valence-corrected chi connectivity index (χ3v) is 5.11. The molecule has 4 rings (SSSR count). The largest absolute Gasteiger partial charge is 0.394 e. The van der Waals surface area contributed by atoms with Gasteiger partial charge in [-0.2, -0.15) is 9.97 Å². The maximum absolute atomic E-state index is 9.59. The van der Waals surface area contributed by atoms with Crippen molar-refractivity contribution in [3.8, 4) is 11.3 Å². The van der Waals surface area contributed by atoms with Gasteiger partial charge >= 0.3 is 0 Å². The summed E-state index contributed by atoms with van der Waals surface area (Å²) in [7, 11) is 0. The van der Waals surface area contributed by atoms with Crippen LogP contribution in [0.5, 0.6) is 0 Å². The molecule has 3 N–H and O–H groups in total. The van der Waals surface area contributed by atoms with Crippen molar-refractivity contribution in [2.24, 2.45) is 0 Å². The van der Waals surface area contributed by atoms with Gasteiger partial charge in [-0.05, 0) is 44.5 Å². The van der Waals surface area contributed by atoms with Gasteiger partial charge in [0.15, 0.2) is 17.0 Å². The highest BCUT2D eigenvalue weighted by molar-refractivity contribution is 5.87. The zero-order valence-electron chi connectivity index (χ0n) is 18.4. The molecule has 32 heavy (non-hydrogen) atoms. The van der Waals surface area contributed by atoms with Crippen molar-refractivity contribution in [1.29, 1.82) is 0 Å². The molecule has 0 bridgehead atoms. The predicted molar refractivity (Wildman–Crippen MR) is 131 cm³/mol. The summed E-state index contributed by atoms with van der Waals surface area (Å²) in [5.74, 6) is 1.07. The van der Waals surface area contributed by atoms with Crippen LogP contribution in [0.2, 0.25) is 0 Å². The van der Waals surface area contributed by atoms with E-state index < -0.39 is 0 Å². The van der Waals surface area contributed by atoms with Crippen molar-refractivity contribution in [2.75, 3.05) is 17.2 Å². The van der Waals surface area contributed by atoms with E-state index in [2.05, 4.69) is 44.4 Å². The first-order valence-corrected chi connectivity index (χ1v) is 10.5. The maximum atomic E-state index is 9.59. The molecule has 9 heteroatoms. The van der Waals surface area contributed by atoms with E-state index in [0.717, 1.165) is 29.0 Å². The number of nitrogens with one attached hydrogen (secondary N) is 2. The SMILES string of the molecule is CC[C@H](CO)Nc1nc(Nc2cccc(-c3ccccn3)c2)c2ncn(C(C)C)c2n1.Cl. The van der Waals surface area contributed by atoms with Crippen LogP contribution in [0.25, 0.3) is 22.4 Å². The molecule has 3 aromatic heterocycles. The Balaban J connectivity index is 0.00000289. The second kappa shape index (κ2) is 10.4. The van der Waals surface area contributed by atoms with E-state index >= 15 is 0 Å². The number of imidazole rings is 1. The molecule has 1 aromatic carbocycles. The zero-order chi connectivity index (χ0) is 21.8. The Kier molecular flexibility index (Phi) is 7.61. The van der Waals surface area contributed by atoms with Crippen LogP contribution in [0.15, 0.2) is 55.0 Å². The van der Waals surface area contributed by atoms with Gasteiger partial charge in [0.1, 0.15) is 0 Å².